The van der Waals surface area contributed by atoms with Crippen LogP contribution in [0.25, 0.3) is 21.9 Å². The Bertz CT molecular complexity index is 1190. The molecule has 0 fully saturated rings. The number of carbonyl (C=O) groups is 2. The van der Waals surface area contributed by atoms with E-state index < -0.39 is 17.8 Å². The molecule has 1 aromatic heterocycles. The van der Waals surface area contributed by atoms with Crippen LogP contribution in [0.1, 0.15) is 31.4 Å². The fraction of sp³-hybridized carbons (Fsp3) is 0.250. The molecule has 0 amide bonds. The smallest absolute Gasteiger partial charge is 0.338 e. The van der Waals surface area contributed by atoms with Crippen molar-refractivity contribution in [2.45, 2.75) is 33.6 Å². The molecule has 0 N–H and O–H groups in total. The van der Waals surface area contributed by atoms with Gasteiger partial charge in [0.05, 0.1) is 6.61 Å². The molecule has 0 spiro atoms. The van der Waals surface area contributed by atoms with E-state index in [0.29, 0.717) is 46.3 Å². The van der Waals surface area contributed by atoms with Crippen LogP contribution in [-0.2, 0) is 20.7 Å². The third kappa shape index (κ3) is 4.13. The van der Waals surface area contributed by atoms with Gasteiger partial charge in [-0.2, -0.15) is 0 Å². The fourth-order valence-corrected chi connectivity index (χ4v) is 3.07. The Morgan fingerprint density at radius 3 is 2.30 bits per heavy atom. The van der Waals surface area contributed by atoms with Gasteiger partial charge in [0.25, 0.3) is 0 Å². The summed E-state index contributed by atoms with van der Waals surface area (Å²) in [4.78, 5) is 23.2. The molecular formula is C24H23FO5. The first-order chi connectivity index (χ1) is 14.2. The first kappa shape index (κ1) is 21.3. The third-order valence-electron chi connectivity index (χ3n) is 4.75. The average Bonchev–Trinajstić information content (AvgIpc) is 3.08. The summed E-state index contributed by atoms with van der Waals surface area (Å²) in [6, 6.07) is 6.91. The molecule has 0 atom stereocenters. The molecule has 0 saturated heterocycles. The van der Waals surface area contributed by atoms with E-state index in [4.69, 9.17) is 13.9 Å². The van der Waals surface area contributed by atoms with Crippen molar-refractivity contribution in [1.82, 2.24) is 0 Å². The topological polar surface area (TPSA) is 65.7 Å². The van der Waals surface area contributed by atoms with E-state index in [1.54, 1.807) is 45.0 Å². The van der Waals surface area contributed by atoms with E-state index in [9.17, 15) is 9.59 Å². The molecule has 0 aliphatic heterocycles. The zero-order chi connectivity index (χ0) is 22.0. The van der Waals surface area contributed by atoms with Crippen LogP contribution in [0.15, 0.2) is 53.0 Å². The van der Waals surface area contributed by atoms with Gasteiger partial charge in [0.15, 0.2) is 11.4 Å². The molecule has 0 aliphatic carbocycles. The lowest BCUT2D eigenvalue weighted by Gasteiger charge is -2.07. The molecule has 30 heavy (non-hydrogen) atoms. The van der Waals surface area contributed by atoms with Crippen LogP contribution in [0.2, 0.25) is 0 Å². The summed E-state index contributed by atoms with van der Waals surface area (Å²) in [5.74, 6) is -1.10. The highest BCUT2D eigenvalue weighted by Gasteiger charge is 2.19. The Kier molecular flexibility index (Phi) is 6.06. The van der Waals surface area contributed by atoms with Gasteiger partial charge < -0.3 is 13.9 Å². The van der Waals surface area contributed by atoms with Crippen LogP contribution in [0.3, 0.4) is 0 Å². The van der Waals surface area contributed by atoms with Crippen LogP contribution in [-0.4, -0.2) is 18.5 Å². The summed E-state index contributed by atoms with van der Waals surface area (Å²) in [7, 11) is 0. The molecule has 0 bridgehead atoms. The molecule has 0 unspecified atom stereocenters. The highest BCUT2D eigenvalue weighted by Crippen LogP contribution is 2.37. The van der Waals surface area contributed by atoms with Crippen molar-refractivity contribution in [3.05, 3.63) is 65.5 Å². The van der Waals surface area contributed by atoms with Gasteiger partial charge in [0.2, 0.25) is 0 Å². The van der Waals surface area contributed by atoms with Gasteiger partial charge in [-0.3, -0.25) is 0 Å². The van der Waals surface area contributed by atoms with Crippen molar-refractivity contribution in [2.75, 3.05) is 6.61 Å². The molecule has 3 rings (SSSR count). The number of fused-ring (bicyclic) bond motifs is 3. The molecule has 3 aromatic rings. The summed E-state index contributed by atoms with van der Waals surface area (Å²) >= 11 is 0. The predicted octanol–water partition coefficient (Wildman–Crippen LogP) is 5.57. The lowest BCUT2D eigenvalue weighted by atomic mass is 10.0. The first-order valence-corrected chi connectivity index (χ1v) is 9.54. The Morgan fingerprint density at radius 2 is 1.63 bits per heavy atom. The van der Waals surface area contributed by atoms with Gasteiger partial charge in [0, 0.05) is 27.5 Å². The Hall–Kier alpha value is -3.41. The maximum absolute atomic E-state index is 15.1. The maximum Gasteiger partial charge on any atom is 0.338 e. The lowest BCUT2D eigenvalue weighted by molar-refractivity contribution is -0.139. The minimum absolute atomic E-state index is 0.146. The predicted molar refractivity (Wildman–Crippen MR) is 113 cm³/mol. The number of benzene rings is 2. The zero-order valence-electron chi connectivity index (χ0n) is 17.3. The second-order valence-electron chi connectivity index (χ2n) is 7.27. The van der Waals surface area contributed by atoms with E-state index in [1.165, 1.54) is 0 Å². The summed E-state index contributed by atoms with van der Waals surface area (Å²) in [6.45, 7) is 12.2. The summed E-state index contributed by atoms with van der Waals surface area (Å²) < 4.78 is 31.3. The Labute approximate surface area is 173 Å². The van der Waals surface area contributed by atoms with Gasteiger partial charge in [-0.1, -0.05) is 19.2 Å². The quantitative estimate of drug-likeness (QED) is 0.221. The number of furan rings is 1. The molecule has 5 nitrogen and oxygen atoms in total. The van der Waals surface area contributed by atoms with Crippen molar-refractivity contribution < 1.29 is 27.9 Å². The molecule has 1 heterocycles. The lowest BCUT2D eigenvalue weighted by Crippen LogP contribution is -2.08. The summed E-state index contributed by atoms with van der Waals surface area (Å²) in [5.41, 5.74) is 2.29. The highest BCUT2D eigenvalue weighted by atomic mass is 19.1. The van der Waals surface area contributed by atoms with Crippen LogP contribution >= 0.6 is 0 Å². The molecule has 156 valence electrons. The second-order valence-corrected chi connectivity index (χ2v) is 7.27. The van der Waals surface area contributed by atoms with Crippen molar-refractivity contribution in [3.8, 4) is 5.75 Å². The first-order valence-electron chi connectivity index (χ1n) is 9.54. The van der Waals surface area contributed by atoms with Gasteiger partial charge in [-0.15, -0.1) is 0 Å². The standard InChI is InChI=1S/C24H23FO5/c1-13(2)23(26)28-12-6-7-16-8-9-18-17-10-11-19(29-24(27)14(3)4)15(5)21(17)30-22(18)20(16)25/h8-11H,1,3,6-7,12H2,2,4-5H3. The number of rotatable bonds is 7. The number of hydrogen-bond donors (Lipinski definition) is 0. The van der Waals surface area contributed by atoms with Crippen molar-refractivity contribution >= 4 is 33.9 Å². The largest absolute Gasteiger partial charge is 0.462 e. The Morgan fingerprint density at radius 1 is 1.00 bits per heavy atom. The van der Waals surface area contributed by atoms with Crippen molar-refractivity contribution in [3.63, 3.8) is 0 Å². The highest BCUT2D eigenvalue weighted by molar-refractivity contribution is 6.07. The molecular weight excluding hydrogens is 387 g/mol. The van der Waals surface area contributed by atoms with Crippen molar-refractivity contribution in [2.24, 2.45) is 0 Å². The van der Waals surface area contributed by atoms with E-state index >= 15 is 4.39 Å². The van der Waals surface area contributed by atoms with Crippen LogP contribution in [0.5, 0.6) is 5.75 Å². The molecule has 0 radical (unpaired) electrons. The molecule has 0 aliphatic rings. The second kappa shape index (κ2) is 8.53. The number of esters is 2. The van der Waals surface area contributed by atoms with E-state index in [-0.39, 0.29) is 17.8 Å². The minimum Gasteiger partial charge on any atom is -0.462 e. The fourth-order valence-electron chi connectivity index (χ4n) is 3.07. The number of halogens is 1. The molecule has 2 aromatic carbocycles. The maximum atomic E-state index is 15.1. The number of ether oxygens (including phenoxy) is 2. The van der Waals surface area contributed by atoms with Crippen LogP contribution in [0.4, 0.5) is 4.39 Å². The number of hydrogen-bond acceptors (Lipinski definition) is 5. The van der Waals surface area contributed by atoms with Gasteiger partial charge in [0.1, 0.15) is 11.3 Å². The van der Waals surface area contributed by atoms with E-state index in [2.05, 4.69) is 13.2 Å². The number of aryl methyl sites for hydroxylation is 2. The van der Waals surface area contributed by atoms with Gasteiger partial charge in [-0.05, 0) is 57.4 Å². The average molecular weight is 410 g/mol. The molecule has 0 saturated carbocycles. The van der Waals surface area contributed by atoms with E-state index in [1.807, 2.05) is 0 Å². The van der Waals surface area contributed by atoms with Crippen LogP contribution < -0.4 is 4.74 Å². The van der Waals surface area contributed by atoms with Crippen molar-refractivity contribution in [1.29, 1.82) is 0 Å². The summed E-state index contributed by atoms with van der Waals surface area (Å²) in [5, 5.41) is 1.37. The third-order valence-corrected chi connectivity index (χ3v) is 4.75. The van der Waals surface area contributed by atoms with Gasteiger partial charge in [-0.25, -0.2) is 14.0 Å². The monoisotopic (exact) mass is 410 g/mol. The SMILES string of the molecule is C=C(C)C(=O)OCCCc1ccc2c(oc3c(C)c(OC(=O)C(=C)C)ccc32)c1F. The Balaban J connectivity index is 1.87. The number of carbonyl (C=O) groups excluding carboxylic acids is 2. The normalized spacial score (nSPS) is 10.9. The summed E-state index contributed by atoms with van der Waals surface area (Å²) in [6.07, 6.45) is 0.866. The zero-order valence-corrected chi connectivity index (χ0v) is 17.3. The van der Waals surface area contributed by atoms with E-state index in [0.717, 1.165) is 5.39 Å². The molecule has 6 heteroatoms. The minimum atomic E-state index is -0.533. The van der Waals surface area contributed by atoms with Gasteiger partial charge >= 0.3 is 11.9 Å². The van der Waals surface area contributed by atoms with Crippen LogP contribution in [0, 0.1) is 12.7 Å².